The molecule has 0 aliphatic carbocycles. The third-order valence-electron chi connectivity index (χ3n) is 3.89. The van der Waals surface area contributed by atoms with Crippen molar-refractivity contribution in [3.05, 3.63) is 58.7 Å². The zero-order valence-corrected chi connectivity index (χ0v) is 14.3. The zero-order valence-electron chi connectivity index (χ0n) is 14.3. The molecule has 0 fully saturated rings. The highest BCUT2D eigenvalue weighted by atomic mass is 16.5. The van der Waals surface area contributed by atoms with Gasteiger partial charge in [0.15, 0.2) is 0 Å². The van der Waals surface area contributed by atoms with E-state index in [9.17, 15) is 4.79 Å². The van der Waals surface area contributed by atoms with E-state index in [-0.39, 0.29) is 12.3 Å². The topological polar surface area (TPSA) is 62.1 Å². The van der Waals surface area contributed by atoms with Gasteiger partial charge < -0.3 is 10.1 Å². The van der Waals surface area contributed by atoms with Crippen molar-refractivity contribution < 1.29 is 9.53 Å². The Bertz CT molecular complexity index is 758. The fourth-order valence-electron chi connectivity index (χ4n) is 2.44. The molecule has 4 nitrogen and oxygen atoms in total. The van der Waals surface area contributed by atoms with E-state index in [1.54, 1.807) is 0 Å². The molecule has 2 aromatic carbocycles. The molecule has 0 saturated carbocycles. The monoisotopic (exact) mass is 322 g/mol. The fraction of sp³-hybridized carbons (Fsp3) is 0.300. The lowest BCUT2D eigenvalue weighted by Crippen LogP contribution is -2.24. The first-order valence-electron chi connectivity index (χ1n) is 7.98. The molecule has 0 aliphatic heterocycles. The van der Waals surface area contributed by atoms with Crippen LogP contribution in [0.25, 0.3) is 0 Å². The average Bonchev–Trinajstić information content (AvgIpc) is 2.54. The van der Waals surface area contributed by atoms with Gasteiger partial charge in [-0.25, -0.2) is 0 Å². The molecule has 0 unspecified atom stereocenters. The predicted octanol–water partition coefficient (Wildman–Crippen LogP) is 3.98. The smallest absolute Gasteiger partial charge is 0.234 e. The minimum Gasteiger partial charge on any atom is -0.457 e. The Morgan fingerprint density at radius 1 is 1.17 bits per heavy atom. The van der Waals surface area contributed by atoms with Gasteiger partial charge in [-0.1, -0.05) is 18.2 Å². The number of carbonyl (C=O) groups excluding carboxylic acids is 1. The predicted molar refractivity (Wildman–Crippen MR) is 94.1 cm³/mol. The number of hydrogen-bond donors (Lipinski definition) is 1. The largest absolute Gasteiger partial charge is 0.457 e. The fourth-order valence-corrected chi connectivity index (χ4v) is 2.44. The molecule has 0 aliphatic rings. The van der Waals surface area contributed by atoms with Crippen LogP contribution in [-0.2, 0) is 11.2 Å². The number of hydrogen-bond acceptors (Lipinski definition) is 3. The zero-order chi connectivity index (χ0) is 17.5. The molecule has 24 heavy (non-hydrogen) atoms. The lowest BCUT2D eigenvalue weighted by Gasteiger charge is -2.12. The van der Waals surface area contributed by atoms with Crippen LogP contribution >= 0.6 is 0 Å². The standard InChI is InChI=1S/C20H22N2O2/c1-14-12-15(2)16(3)19(13-14)24-18-6-4-17(5-7-18)9-11-22-20(23)8-10-21/h4-7,12-13H,8-9,11H2,1-3H3,(H,22,23). The van der Waals surface area contributed by atoms with Crippen molar-refractivity contribution in [1.82, 2.24) is 5.32 Å². The Hall–Kier alpha value is -2.80. The van der Waals surface area contributed by atoms with Crippen LogP contribution in [0.1, 0.15) is 28.7 Å². The molecule has 0 saturated heterocycles. The molecule has 1 N–H and O–H groups in total. The second kappa shape index (κ2) is 8.16. The van der Waals surface area contributed by atoms with Crippen molar-refractivity contribution in [2.45, 2.75) is 33.6 Å². The minimum atomic E-state index is -0.234. The summed E-state index contributed by atoms with van der Waals surface area (Å²) in [5.74, 6) is 1.44. The first-order chi connectivity index (χ1) is 11.5. The van der Waals surface area contributed by atoms with Crippen molar-refractivity contribution in [3.63, 3.8) is 0 Å². The summed E-state index contributed by atoms with van der Waals surface area (Å²) in [6, 6.07) is 13.9. The average molecular weight is 322 g/mol. The number of amides is 1. The molecule has 0 atom stereocenters. The van der Waals surface area contributed by atoms with Crippen molar-refractivity contribution in [2.75, 3.05) is 6.54 Å². The van der Waals surface area contributed by atoms with Gasteiger partial charge in [-0.05, 0) is 67.6 Å². The van der Waals surface area contributed by atoms with Gasteiger partial charge in [0.05, 0.1) is 6.07 Å². The number of nitrogens with one attached hydrogen (secondary N) is 1. The molecule has 4 heteroatoms. The number of rotatable bonds is 6. The van der Waals surface area contributed by atoms with Crippen LogP contribution in [0.3, 0.4) is 0 Å². The Morgan fingerprint density at radius 3 is 2.54 bits per heavy atom. The van der Waals surface area contributed by atoms with Crippen LogP contribution < -0.4 is 10.1 Å². The summed E-state index contributed by atoms with van der Waals surface area (Å²) < 4.78 is 5.99. The molecule has 0 bridgehead atoms. The number of carbonyl (C=O) groups is 1. The first-order valence-corrected chi connectivity index (χ1v) is 7.98. The Kier molecular flexibility index (Phi) is 5.97. The molecule has 2 aromatic rings. The molecule has 0 heterocycles. The van der Waals surface area contributed by atoms with Crippen LogP contribution in [-0.4, -0.2) is 12.5 Å². The number of ether oxygens (including phenoxy) is 1. The Balaban J connectivity index is 1.95. The molecular formula is C20H22N2O2. The van der Waals surface area contributed by atoms with Gasteiger partial charge in [-0.15, -0.1) is 0 Å². The number of nitrogens with zero attached hydrogens (tertiary/aromatic N) is 1. The molecule has 124 valence electrons. The van der Waals surface area contributed by atoms with Crippen LogP contribution in [0, 0.1) is 32.1 Å². The van der Waals surface area contributed by atoms with Crippen molar-refractivity contribution >= 4 is 5.91 Å². The summed E-state index contributed by atoms with van der Waals surface area (Å²) in [7, 11) is 0. The third-order valence-corrected chi connectivity index (χ3v) is 3.89. The summed E-state index contributed by atoms with van der Waals surface area (Å²) in [4.78, 5) is 11.2. The van der Waals surface area contributed by atoms with E-state index in [0.717, 1.165) is 29.0 Å². The molecular weight excluding hydrogens is 300 g/mol. The van der Waals surface area contributed by atoms with Gasteiger partial charge >= 0.3 is 0 Å². The second-order valence-electron chi connectivity index (χ2n) is 5.89. The van der Waals surface area contributed by atoms with Gasteiger partial charge in [0.25, 0.3) is 0 Å². The third kappa shape index (κ3) is 4.85. The maximum atomic E-state index is 11.2. The second-order valence-corrected chi connectivity index (χ2v) is 5.89. The van der Waals surface area contributed by atoms with Crippen LogP contribution in [0.5, 0.6) is 11.5 Å². The quantitative estimate of drug-likeness (QED) is 0.875. The van der Waals surface area contributed by atoms with Gasteiger partial charge in [0.2, 0.25) is 5.91 Å². The Labute approximate surface area is 143 Å². The van der Waals surface area contributed by atoms with Crippen LogP contribution in [0.4, 0.5) is 0 Å². The summed E-state index contributed by atoms with van der Waals surface area (Å²) in [6.07, 6.45) is 0.627. The first kappa shape index (κ1) is 17.6. The normalized spacial score (nSPS) is 10.1. The SMILES string of the molecule is Cc1cc(C)c(C)c(Oc2ccc(CCNC(=O)CC#N)cc2)c1. The lowest BCUT2D eigenvalue weighted by molar-refractivity contribution is -0.120. The number of nitriles is 1. The number of aryl methyl sites for hydroxylation is 2. The Morgan fingerprint density at radius 2 is 1.88 bits per heavy atom. The molecule has 1 amide bonds. The van der Waals surface area contributed by atoms with Crippen molar-refractivity contribution in [3.8, 4) is 17.6 Å². The summed E-state index contributed by atoms with van der Waals surface area (Å²) >= 11 is 0. The molecule has 0 spiro atoms. The summed E-state index contributed by atoms with van der Waals surface area (Å²) in [5, 5.41) is 11.1. The van der Waals surface area contributed by atoms with Crippen molar-refractivity contribution in [1.29, 1.82) is 5.26 Å². The highest BCUT2D eigenvalue weighted by Gasteiger charge is 2.06. The van der Waals surface area contributed by atoms with E-state index in [1.165, 1.54) is 11.1 Å². The highest BCUT2D eigenvalue weighted by molar-refractivity contribution is 5.77. The van der Waals surface area contributed by atoms with E-state index in [4.69, 9.17) is 10.00 Å². The number of benzene rings is 2. The van der Waals surface area contributed by atoms with E-state index in [0.29, 0.717) is 6.54 Å². The van der Waals surface area contributed by atoms with Gasteiger partial charge in [-0.2, -0.15) is 5.26 Å². The minimum absolute atomic E-state index is 0.0952. The van der Waals surface area contributed by atoms with Crippen molar-refractivity contribution in [2.24, 2.45) is 0 Å². The maximum absolute atomic E-state index is 11.2. The molecule has 0 aromatic heterocycles. The highest BCUT2D eigenvalue weighted by Crippen LogP contribution is 2.28. The van der Waals surface area contributed by atoms with Crippen LogP contribution in [0.2, 0.25) is 0 Å². The van der Waals surface area contributed by atoms with E-state index < -0.39 is 0 Å². The van der Waals surface area contributed by atoms with E-state index >= 15 is 0 Å². The van der Waals surface area contributed by atoms with Crippen LogP contribution in [0.15, 0.2) is 36.4 Å². The summed E-state index contributed by atoms with van der Waals surface area (Å²) in [5.41, 5.74) is 4.65. The maximum Gasteiger partial charge on any atom is 0.234 e. The van der Waals surface area contributed by atoms with Gasteiger partial charge in [-0.3, -0.25) is 4.79 Å². The van der Waals surface area contributed by atoms with E-state index in [1.807, 2.05) is 36.4 Å². The molecule has 2 rings (SSSR count). The summed E-state index contributed by atoms with van der Waals surface area (Å²) in [6.45, 7) is 6.72. The van der Waals surface area contributed by atoms with E-state index in [2.05, 4.69) is 32.2 Å². The van der Waals surface area contributed by atoms with Gasteiger partial charge in [0, 0.05) is 6.54 Å². The van der Waals surface area contributed by atoms with Gasteiger partial charge in [0.1, 0.15) is 17.9 Å². The lowest BCUT2D eigenvalue weighted by atomic mass is 10.1. The molecule has 0 radical (unpaired) electrons.